The first kappa shape index (κ1) is 15.4. The highest BCUT2D eigenvalue weighted by Crippen LogP contribution is 2.21. The van der Waals surface area contributed by atoms with Gasteiger partial charge in [0, 0.05) is 22.1 Å². The molecule has 0 amide bonds. The Morgan fingerprint density at radius 3 is 2.55 bits per heavy atom. The summed E-state index contributed by atoms with van der Waals surface area (Å²) >= 11 is 7.27. The lowest BCUT2D eigenvalue weighted by molar-refractivity contribution is 0.198. The van der Waals surface area contributed by atoms with Gasteiger partial charge in [0.1, 0.15) is 5.82 Å². The molecule has 20 heavy (non-hydrogen) atoms. The minimum absolute atomic E-state index is 0.294. The number of benzene rings is 2. The molecule has 0 saturated carbocycles. The largest absolute Gasteiger partial charge is 0.392 e. The molecule has 2 rings (SSSR count). The van der Waals surface area contributed by atoms with Crippen molar-refractivity contribution in [2.45, 2.75) is 24.3 Å². The molecular weight excluding hydrogens is 295 g/mol. The third kappa shape index (κ3) is 4.51. The monoisotopic (exact) mass is 310 g/mol. The van der Waals surface area contributed by atoms with Gasteiger partial charge in [-0.3, -0.25) is 0 Å². The fourth-order valence-electron chi connectivity index (χ4n) is 1.83. The topological polar surface area (TPSA) is 20.2 Å². The zero-order valence-electron chi connectivity index (χ0n) is 11.1. The molecule has 2 aromatic rings. The van der Waals surface area contributed by atoms with Crippen molar-refractivity contribution in [3.63, 3.8) is 0 Å². The summed E-state index contributed by atoms with van der Waals surface area (Å²) in [6.07, 6.45) is -0.293. The molecule has 0 aromatic heterocycles. The van der Waals surface area contributed by atoms with Crippen LogP contribution in [0.3, 0.4) is 0 Å². The number of rotatable bonds is 5. The molecule has 0 saturated heterocycles. The van der Waals surface area contributed by atoms with Crippen LogP contribution in [0.5, 0.6) is 0 Å². The van der Waals surface area contributed by atoms with E-state index >= 15 is 0 Å². The first-order valence-electron chi connectivity index (χ1n) is 6.36. The number of halogens is 2. The molecule has 0 fully saturated rings. The summed E-state index contributed by atoms with van der Waals surface area (Å²) in [6.45, 7) is 2.03. The Morgan fingerprint density at radius 1 is 1.20 bits per heavy atom. The van der Waals surface area contributed by atoms with Crippen molar-refractivity contribution in [1.82, 2.24) is 0 Å². The van der Waals surface area contributed by atoms with Crippen molar-refractivity contribution in [1.29, 1.82) is 0 Å². The van der Waals surface area contributed by atoms with Crippen molar-refractivity contribution in [2.75, 3.05) is 5.75 Å². The Hall–Kier alpha value is -1.03. The highest BCUT2D eigenvalue weighted by Gasteiger charge is 2.10. The third-order valence-corrected chi connectivity index (χ3v) is 4.33. The standard InChI is InChI=1S/C16H16ClFOS/c1-11-2-6-15(7-3-11)20-10-14(19)8-12-4-5-13(17)9-16(12)18/h2-7,9,14,19H,8,10H2,1H3. The Labute approximate surface area is 127 Å². The second kappa shape index (κ2) is 7.11. The molecule has 2 aromatic carbocycles. The number of aliphatic hydroxyl groups excluding tert-OH is 1. The predicted octanol–water partition coefficient (Wildman–Crippen LogP) is 4.48. The first-order chi connectivity index (χ1) is 9.54. The highest BCUT2D eigenvalue weighted by molar-refractivity contribution is 7.99. The van der Waals surface area contributed by atoms with E-state index in [9.17, 15) is 9.50 Å². The van der Waals surface area contributed by atoms with E-state index in [1.807, 2.05) is 31.2 Å². The molecule has 0 bridgehead atoms. The summed E-state index contributed by atoms with van der Waals surface area (Å²) in [4.78, 5) is 1.10. The molecule has 0 spiro atoms. The van der Waals surface area contributed by atoms with Gasteiger partial charge in [0.05, 0.1) is 6.10 Å². The van der Waals surface area contributed by atoms with E-state index in [1.54, 1.807) is 23.9 Å². The summed E-state index contributed by atoms with van der Waals surface area (Å²) < 4.78 is 13.6. The summed E-state index contributed by atoms with van der Waals surface area (Å²) in [5.41, 5.74) is 1.70. The molecule has 1 N–H and O–H groups in total. The smallest absolute Gasteiger partial charge is 0.127 e. The fraction of sp³-hybridized carbons (Fsp3) is 0.250. The van der Waals surface area contributed by atoms with Crippen molar-refractivity contribution in [3.05, 3.63) is 64.4 Å². The lowest BCUT2D eigenvalue weighted by atomic mass is 10.1. The van der Waals surface area contributed by atoms with Gasteiger partial charge in [-0.25, -0.2) is 4.39 Å². The lowest BCUT2D eigenvalue weighted by Crippen LogP contribution is -2.14. The number of hydrogen-bond donors (Lipinski definition) is 1. The van der Waals surface area contributed by atoms with E-state index in [1.165, 1.54) is 11.6 Å². The molecule has 1 unspecified atom stereocenters. The number of thioether (sulfide) groups is 1. The van der Waals surface area contributed by atoms with E-state index in [0.29, 0.717) is 22.8 Å². The Morgan fingerprint density at radius 2 is 1.90 bits per heavy atom. The van der Waals surface area contributed by atoms with Crippen LogP contribution >= 0.6 is 23.4 Å². The normalized spacial score (nSPS) is 12.4. The van der Waals surface area contributed by atoms with Gasteiger partial charge in [-0.15, -0.1) is 11.8 Å². The quantitative estimate of drug-likeness (QED) is 0.822. The molecule has 0 heterocycles. The van der Waals surface area contributed by atoms with Crippen molar-refractivity contribution >= 4 is 23.4 Å². The maximum atomic E-state index is 13.6. The third-order valence-electron chi connectivity index (χ3n) is 2.93. The molecule has 1 nitrogen and oxygen atoms in total. The van der Waals surface area contributed by atoms with Crippen LogP contribution in [0.2, 0.25) is 5.02 Å². The van der Waals surface area contributed by atoms with Gasteiger partial charge in [0.15, 0.2) is 0 Å². The fourth-order valence-corrected chi connectivity index (χ4v) is 2.82. The molecule has 4 heteroatoms. The molecule has 0 aliphatic carbocycles. The first-order valence-corrected chi connectivity index (χ1v) is 7.72. The summed E-state index contributed by atoms with van der Waals surface area (Å²) in [5.74, 6) is 0.169. The van der Waals surface area contributed by atoms with Gasteiger partial charge in [0.2, 0.25) is 0 Å². The molecular formula is C16H16ClFOS. The van der Waals surface area contributed by atoms with E-state index in [4.69, 9.17) is 11.6 Å². The maximum Gasteiger partial charge on any atom is 0.127 e. The van der Waals surface area contributed by atoms with Crippen molar-refractivity contribution in [2.24, 2.45) is 0 Å². The van der Waals surface area contributed by atoms with Crippen LogP contribution in [0.15, 0.2) is 47.4 Å². The van der Waals surface area contributed by atoms with E-state index in [-0.39, 0.29) is 5.82 Å². The van der Waals surface area contributed by atoms with Crippen molar-refractivity contribution < 1.29 is 9.50 Å². The molecule has 0 radical (unpaired) electrons. The van der Waals surface area contributed by atoms with Crippen LogP contribution in [-0.2, 0) is 6.42 Å². The number of aliphatic hydroxyl groups is 1. The van der Waals surface area contributed by atoms with Crippen LogP contribution in [0.4, 0.5) is 4.39 Å². The van der Waals surface area contributed by atoms with Gasteiger partial charge in [-0.1, -0.05) is 35.4 Å². The molecule has 0 aliphatic rings. The van der Waals surface area contributed by atoms with Gasteiger partial charge >= 0.3 is 0 Å². The van der Waals surface area contributed by atoms with Gasteiger partial charge < -0.3 is 5.11 Å². The summed E-state index contributed by atoms with van der Waals surface area (Å²) in [5, 5.41) is 10.4. The second-order valence-electron chi connectivity index (χ2n) is 4.72. The lowest BCUT2D eigenvalue weighted by Gasteiger charge is -2.11. The van der Waals surface area contributed by atoms with Crippen LogP contribution in [0.25, 0.3) is 0 Å². The van der Waals surface area contributed by atoms with Crippen LogP contribution < -0.4 is 0 Å². The van der Waals surface area contributed by atoms with Crippen LogP contribution in [-0.4, -0.2) is 17.0 Å². The maximum absolute atomic E-state index is 13.6. The van der Waals surface area contributed by atoms with E-state index < -0.39 is 6.10 Å². The zero-order valence-corrected chi connectivity index (χ0v) is 12.7. The minimum atomic E-state index is -0.586. The summed E-state index contributed by atoms with van der Waals surface area (Å²) in [6, 6.07) is 12.7. The van der Waals surface area contributed by atoms with Gasteiger partial charge in [0.25, 0.3) is 0 Å². The zero-order chi connectivity index (χ0) is 14.5. The van der Waals surface area contributed by atoms with E-state index in [0.717, 1.165) is 4.90 Å². The van der Waals surface area contributed by atoms with Gasteiger partial charge in [-0.2, -0.15) is 0 Å². The molecule has 106 valence electrons. The van der Waals surface area contributed by atoms with Crippen LogP contribution in [0, 0.1) is 12.7 Å². The SMILES string of the molecule is Cc1ccc(SCC(O)Cc2ccc(Cl)cc2F)cc1. The van der Waals surface area contributed by atoms with E-state index in [2.05, 4.69) is 0 Å². The minimum Gasteiger partial charge on any atom is -0.392 e. The van der Waals surface area contributed by atoms with Crippen molar-refractivity contribution in [3.8, 4) is 0 Å². The highest BCUT2D eigenvalue weighted by atomic mass is 35.5. The molecule has 1 atom stereocenters. The average Bonchev–Trinajstić information content (AvgIpc) is 2.41. The Bertz CT molecular complexity index is 571. The average molecular weight is 311 g/mol. The summed E-state index contributed by atoms with van der Waals surface area (Å²) in [7, 11) is 0. The Balaban J connectivity index is 1.89. The number of hydrogen-bond acceptors (Lipinski definition) is 2. The predicted molar refractivity (Wildman–Crippen MR) is 83.0 cm³/mol. The van der Waals surface area contributed by atoms with Crippen LogP contribution in [0.1, 0.15) is 11.1 Å². The molecule has 0 aliphatic heterocycles. The van der Waals surface area contributed by atoms with Gasteiger partial charge in [-0.05, 0) is 36.8 Å². The number of aryl methyl sites for hydroxylation is 1. The second-order valence-corrected chi connectivity index (χ2v) is 6.25. The Kier molecular flexibility index (Phi) is 5.46.